The zero-order valence-electron chi connectivity index (χ0n) is 11.0. The molecule has 7 heteroatoms. The number of nitrogens with two attached hydrogens (primary N) is 1. The molecule has 0 bridgehead atoms. The molecule has 0 radical (unpaired) electrons. The van der Waals surface area contributed by atoms with E-state index in [1.165, 1.54) is 12.1 Å². The highest BCUT2D eigenvalue weighted by molar-refractivity contribution is 7.89. The van der Waals surface area contributed by atoms with Gasteiger partial charge in [-0.15, -0.1) is 0 Å². The Morgan fingerprint density at radius 1 is 1.05 bits per heavy atom. The molecule has 2 rings (SSSR count). The van der Waals surface area contributed by atoms with E-state index in [0.29, 0.717) is 5.56 Å². The first kappa shape index (κ1) is 15.4. The molecule has 0 saturated carbocycles. The highest BCUT2D eigenvalue weighted by Gasteiger charge is 2.18. The molecule has 0 aliphatic carbocycles. The van der Waals surface area contributed by atoms with Crippen LogP contribution in [-0.2, 0) is 16.4 Å². The summed E-state index contributed by atoms with van der Waals surface area (Å²) in [6.45, 7) is -0.0346. The van der Waals surface area contributed by atoms with E-state index in [2.05, 4.69) is 4.72 Å². The summed E-state index contributed by atoms with van der Waals surface area (Å²) in [4.78, 5) is -0.481. The highest BCUT2D eigenvalue weighted by atomic mass is 32.2. The second kappa shape index (κ2) is 6.19. The van der Waals surface area contributed by atoms with Crippen molar-refractivity contribution in [1.82, 2.24) is 4.72 Å². The largest absolute Gasteiger partial charge is 0.399 e. The van der Waals surface area contributed by atoms with E-state index >= 15 is 0 Å². The lowest BCUT2D eigenvalue weighted by molar-refractivity contribution is 0.556. The lowest BCUT2D eigenvalue weighted by Crippen LogP contribution is -2.27. The van der Waals surface area contributed by atoms with Gasteiger partial charge >= 0.3 is 0 Å². The Labute approximate surface area is 121 Å². The fourth-order valence-electron chi connectivity index (χ4n) is 1.83. The molecule has 0 atom stereocenters. The fraction of sp³-hybridized carbons (Fsp3) is 0.143. The van der Waals surface area contributed by atoms with Crippen molar-refractivity contribution in [3.05, 3.63) is 59.7 Å². The molecule has 3 N–H and O–H groups in total. The van der Waals surface area contributed by atoms with Crippen LogP contribution in [0.1, 0.15) is 5.56 Å². The Balaban J connectivity index is 2.07. The predicted molar refractivity (Wildman–Crippen MR) is 76.1 cm³/mol. The number of rotatable bonds is 5. The number of anilines is 1. The van der Waals surface area contributed by atoms with E-state index in [4.69, 9.17) is 5.73 Å². The minimum Gasteiger partial charge on any atom is -0.399 e. The zero-order valence-corrected chi connectivity index (χ0v) is 11.8. The second-order valence-corrected chi connectivity index (χ2v) is 6.16. The van der Waals surface area contributed by atoms with E-state index in [1.54, 1.807) is 18.2 Å². The van der Waals surface area contributed by atoms with Crippen molar-refractivity contribution in [2.75, 3.05) is 12.3 Å². The van der Waals surface area contributed by atoms with Gasteiger partial charge in [0.25, 0.3) is 0 Å². The Morgan fingerprint density at radius 3 is 2.43 bits per heavy atom. The molecule has 4 nitrogen and oxygen atoms in total. The second-order valence-electron chi connectivity index (χ2n) is 4.43. The molecular weight excluding hydrogens is 298 g/mol. The smallest absolute Gasteiger partial charge is 0.243 e. The third-order valence-corrected chi connectivity index (χ3v) is 4.38. The minimum absolute atomic E-state index is 0.0346. The summed E-state index contributed by atoms with van der Waals surface area (Å²) >= 11 is 0. The van der Waals surface area contributed by atoms with Crippen molar-refractivity contribution in [3.63, 3.8) is 0 Å². The molecule has 2 aromatic rings. The van der Waals surface area contributed by atoms with E-state index in [9.17, 15) is 17.2 Å². The van der Waals surface area contributed by atoms with Crippen LogP contribution in [0.4, 0.5) is 14.5 Å². The van der Waals surface area contributed by atoms with Gasteiger partial charge in [0.15, 0.2) is 0 Å². The van der Waals surface area contributed by atoms with Crippen molar-refractivity contribution in [2.45, 2.75) is 11.3 Å². The van der Waals surface area contributed by atoms with Gasteiger partial charge in [-0.3, -0.25) is 0 Å². The lowest BCUT2D eigenvalue weighted by atomic mass is 10.1. The van der Waals surface area contributed by atoms with Gasteiger partial charge in [0.05, 0.1) is 0 Å². The van der Waals surface area contributed by atoms with Crippen molar-refractivity contribution >= 4 is 15.7 Å². The number of nitrogens with one attached hydrogen (secondary N) is 1. The van der Waals surface area contributed by atoms with Crippen molar-refractivity contribution in [2.24, 2.45) is 0 Å². The van der Waals surface area contributed by atoms with Crippen LogP contribution in [0.2, 0.25) is 0 Å². The summed E-state index contributed by atoms with van der Waals surface area (Å²) in [5.74, 6) is -1.33. The van der Waals surface area contributed by atoms with E-state index in [-0.39, 0.29) is 18.7 Å². The van der Waals surface area contributed by atoms with Gasteiger partial charge in [0.2, 0.25) is 10.0 Å². The third-order valence-electron chi connectivity index (χ3n) is 2.89. The standard InChI is InChI=1S/C14H14F2N2O2S/c15-12-4-2-1-3-10(12)7-8-18-21(19,20)14-6-5-11(17)9-13(14)16/h1-6,9,18H,7-8,17H2. The zero-order chi connectivity index (χ0) is 15.5. The van der Waals surface area contributed by atoms with Gasteiger partial charge in [-0.1, -0.05) is 18.2 Å². The number of benzene rings is 2. The number of sulfonamides is 1. The maximum atomic E-state index is 13.6. The van der Waals surface area contributed by atoms with Crippen LogP contribution in [0.3, 0.4) is 0 Å². The molecule has 2 aromatic carbocycles. The van der Waals surface area contributed by atoms with Crippen LogP contribution in [0.5, 0.6) is 0 Å². The SMILES string of the molecule is Nc1ccc(S(=O)(=O)NCCc2ccccc2F)c(F)c1. The van der Waals surface area contributed by atoms with E-state index in [1.807, 2.05) is 0 Å². The summed E-state index contributed by atoms with van der Waals surface area (Å²) in [5, 5.41) is 0. The number of hydrogen-bond donors (Lipinski definition) is 2. The predicted octanol–water partition coefficient (Wildman–Crippen LogP) is 2.07. The fourth-order valence-corrected chi connectivity index (χ4v) is 2.92. The molecule has 0 saturated heterocycles. The Bertz CT molecular complexity index is 748. The molecule has 0 heterocycles. The lowest BCUT2D eigenvalue weighted by Gasteiger charge is -2.08. The summed E-state index contributed by atoms with van der Waals surface area (Å²) in [6.07, 6.45) is 0.169. The monoisotopic (exact) mass is 312 g/mol. The molecule has 112 valence electrons. The third kappa shape index (κ3) is 3.77. The quantitative estimate of drug-likeness (QED) is 0.830. The number of halogens is 2. The van der Waals surface area contributed by atoms with Crippen molar-refractivity contribution in [1.29, 1.82) is 0 Å². The van der Waals surface area contributed by atoms with Crippen molar-refractivity contribution in [3.8, 4) is 0 Å². The van der Waals surface area contributed by atoms with Crippen LogP contribution in [0.25, 0.3) is 0 Å². The van der Waals surface area contributed by atoms with E-state index < -0.39 is 26.6 Å². The van der Waals surface area contributed by atoms with Crippen LogP contribution >= 0.6 is 0 Å². The van der Waals surface area contributed by atoms with Crippen molar-refractivity contribution < 1.29 is 17.2 Å². The maximum Gasteiger partial charge on any atom is 0.243 e. The van der Waals surface area contributed by atoms with Crippen LogP contribution in [-0.4, -0.2) is 15.0 Å². The maximum absolute atomic E-state index is 13.6. The summed E-state index contributed by atoms with van der Waals surface area (Å²) in [7, 11) is -3.99. The number of hydrogen-bond acceptors (Lipinski definition) is 3. The molecule has 0 amide bonds. The van der Waals surface area contributed by atoms with Gasteiger partial charge in [-0.25, -0.2) is 21.9 Å². The normalized spacial score (nSPS) is 11.5. The van der Waals surface area contributed by atoms with Gasteiger partial charge in [-0.2, -0.15) is 0 Å². The number of nitrogen functional groups attached to an aromatic ring is 1. The Morgan fingerprint density at radius 2 is 1.76 bits per heavy atom. The first-order chi connectivity index (χ1) is 9.90. The molecule has 0 aliphatic heterocycles. The average Bonchev–Trinajstić information content (AvgIpc) is 2.40. The van der Waals surface area contributed by atoms with Gasteiger partial charge in [0, 0.05) is 12.2 Å². The molecule has 0 fully saturated rings. The summed E-state index contributed by atoms with van der Waals surface area (Å²) in [6, 6.07) is 9.40. The first-order valence-corrected chi connectivity index (χ1v) is 7.66. The molecule has 21 heavy (non-hydrogen) atoms. The molecule has 0 aliphatic rings. The van der Waals surface area contributed by atoms with Crippen LogP contribution < -0.4 is 10.5 Å². The Hall–Kier alpha value is -1.99. The summed E-state index contributed by atoms with van der Waals surface area (Å²) in [5.41, 5.74) is 5.89. The molecule has 0 aromatic heterocycles. The van der Waals surface area contributed by atoms with Gasteiger partial charge in [-0.05, 0) is 36.2 Å². The highest BCUT2D eigenvalue weighted by Crippen LogP contribution is 2.17. The molecular formula is C14H14F2N2O2S. The molecule has 0 spiro atoms. The van der Waals surface area contributed by atoms with E-state index in [0.717, 1.165) is 12.1 Å². The van der Waals surface area contributed by atoms with Gasteiger partial charge in [0.1, 0.15) is 16.5 Å². The molecule has 0 unspecified atom stereocenters. The summed E-state index contributed by atoms with van der Waals surface area (Å²) < 4.78 is 53.1. The van der Waals surface area contributed by atoms with Gasteiger partial charge < -0.3 is 5.73 Å². The minimum atomic E-state index is -3.99. The first-order valence-electron chi connectivity index (χ1n) is 6.18. The topological polar surface area (TPSA) is 72.2 Å². The van der Waals surface area contributed by atoms with Crippen LogP contribution in [0, 0.1) is 11.6 Å². The van der Waals surface area contributed by atoms with Crippen LogP contribution in [0.15, 0.2) is 47.4 Å². The average molecular weight is 312 g/mol. The Kier molecular flexibility index (Phi) is 4.54.